The zero-order valence-electron chi connectivity index (χ0n) is 22.2. The summed E-state index contributed by atoms with van der Waals surface area (Å²) >= 11 is 0. The number of benzene rings is 1. The Morgan fingerprint density at radius 1 is 1.27 bits per heavy atom. The van der Waals surface area contributed by atoms with Crippen LogP contribution in [-0.2, 0) is 16.1 Å². The van der Waals surface area contributed by atoms with Crippen LogP contribution < -0.4 is 14.8 Å². The Hall–Kier alpha value is -4.94. The average Bonchev–Trinajstić information content (AvgIpc) is 3.59. The van der Waals surface area contributed by atoms with Crippen molar-refractivity contribution in [1.82, 2.24) is 25.1 Å². The summed E-state index contributed by atoms with van der Waals surface area (Å²) in [6, 6.07) is 5.90. The van der Waals surface area contributed by atoms with Crippen LogP contribution in [0.1, 0.15) is 23.0 Å². The Morgan fingerprint density at radius 3 is 2.77 bits per heavy atom. The highest BCUT2D eigenvalue weighted by molar-refractivity contribution is 6.05. The largest absolute Gasteiger partial charge is 0.496 e. The SMILES string of the molecule is COc1cccc(F)c1CNC(=O)C1(C)COc2c(oc3cc(-c4ncco4)cnc23)C(=O)N1CC(=O)N(C)C. The molecule has 0 spiro atoms. The highest BCUT2D eigenvalue weighted by Crippen LogP contribution is 2.38. The third-order valence-electron chi connectivity index (χ3n) is 6.70. The van der Waals surface area contributed by atoms with Gasteiger partial charge >= 0.3 is 0 Å². The van der Waals surface area contributed by atoms with Crippen LogP contribution in [0.25, 0.3) is 22.6 Å². The summed E-state index contributed by atoms with van der Waals surface area (Å²) < 4.78 is 36.9. The maximum absolute atomic E-state index is 14.5. The molecular weight excluding hydrogens is 525 g/mol. The van der Waals surface area contributed by atoms with Crippen molar-refractivity contribution in [3.05, 3.63) is 60.1 Å². The molecule has 1 atom stereocenters. The van der Waals surface area contributed by atoms with Crippen LogP contribution >= 0.6 is 0 Å². The molecule has 0 saturated carbocycles. The lowest BCUT2D eigenvalue weighted by Gasteiger charge is -2.37. The molecule has 1 aliphatic heterocycles. The lowest BCUT2D eigenvalue weighted by Crippen LogP contribution is -2.62. The summed E-state index contributed by atoms with van der Waals surface area (Å²) in [6.45, 7) is 0.438. The standard InChI is InChI=1S/C27H26FN5O7/c1-27(26(36)31-12-16-17(28)6-5-7-18(16)37-4)14-39-22-21-19(10-15(11-30-21)24-29-8-9-38-24)40-23(22)25(35)33(27)13-20(34)32(2)3/h5-11H,12-14H2,1-4H3,(H,31,36). The average molecular weight is 552 g/mol. The van der Waals surface area contributed by atoms with E-state index in [2.05, 4.69) is 15.3 Å². The molecule has 4 aromatic rings. The number of carbonyl (C=O) groups excluding carboxylic acids is 3. The maximum Gasteiger partial charge on any atom is 0.295 e. The van der Waals surface area contributed by atoms with Gasteiger partial charge < -0.3 is 33.4 Å². The van der Waals surface area contributed by atoms with Crippen LogP contribution in [0.3, 0.4) is 0 Å². The summed E-state index contributed by atoms with van der Waals surface area (Å²) in [5.74, 6) is -2.06. The molecule has 12 nitrogen and oxygen atoms in total. The fourth-order valence-electron chi connectivity index (χ4n) is 4.32. The van der Waals surface area contributed by atoms with E-state index in [1.54, 1.807) is 12.1 Å². The maximum atomic E-state index is 14.5. The molecule has 1 aliphatic rings. The Balaban J connectivity index is 1.50. The van der Waals surface area contributed by atoms with E-state index < -0.39 is 35.6 Å². The predicted molar refractivity (Wildman–Crippen MR) is 138 cm³/mol. The van der Waals surface area contributed by atoms with Crippen molar-refractivity contribution in [2.75, 3.05) is 34.4 Å². The van der Waals surface area contributed by atoms with Crippen molar-refractivity contribution in [3.63, 3.8) is 0 Å². The molecule has 13 heteroatoms. The zero-order chi connectivity index (χ0) is 28.6. The number of carbonyl (C=O) groups is 3. The van der Waals surface area contributed by atoms with Gasteiger partial charge in [0.2, 0.25) is 23.5 Å². The number of nitrogens with one attached hydrogen (secondary N) is 1. The van der Waals surface area contributed by atoms with Crippen molar-refractivity contribution >= 4 is 28.8 Å². The van der Waals surface area contributed by atoms with Gasteiger partial charge in [0.25, 0.3) is 5.91 Å². The van der Waals surface area contributed by atoms with Gasteiger partial charge in [0.1, 0.15) is 31.0 Å². The molecule has 0 bridgehead atoms. The fraction of sp³-hybridized carbons (Fsp3) is 0.296. The molecule has 0 radical (unpaired) electrons. The summed E-state index contributed by atoms with van der Waals surface area (Å²) in [5.41, 5.74) is -0.567. The summed E-state index contributed by atoms with van der Waals surface area (Å²) in [5, 5.41) is 2.66. The molecule has 1 unspecified atom stereocenters. The summed E-state index contributed by atoms with van der Waals surface area (Å²) in [7, 11) is 4.45. The lowest BCUT2D eigenvalue weighted by molar-refractivity contribution is -0.137. The van der Waals surface area contributed by atoms with Gasteiger partial charge in [-0.3, -0.25) is 14.4 Å². The Morgan fingerprint density at radius 2 is 2.08 bits per heavy atom. The highest BCUT2D eigenvalue weighted by Gasteiger charge is 2.49. The van der Waals surface area contributed by atoms with Crippen LogP contribution in [0.15, 0.2) is 51.8 Å². The van der Waals surface area contributed by atoms with Gasteiger partial charge in [-0.2, -0.15) is 0 Å². The molecule has 208 valence electrons. The van der Waals surface area contributed by atoms with Crippen molar-refractivity contribution in [1.29, 1.82) is 0 Å². The van der Waals surface area contributed by atoms with E-state index in [0.29, 0.717) is 11.5 Å². The lowest BCUT2D eigenvalue weighted by atomic mass is 9.98. The van der Waals surface area contributed by atoms with Crippen molar-refractivity contribution in [3.8, 4) is 23.0 Å². The van der Waals surface area contributed by atoms with Crippen LogP contribution in [0, 0.1) is 5.82 Å². The number of methoxy groups -OCH3 is 1. The van der Waals surface area contributed by atoms with E-state index in [0.717, 1.165) is 4.90 Å². The molecule has 0 aliphatic carbocycles. The molecule has 1 aromatic carbocycles. The number of oxazole rings is 1. The number of hydrogen-bond acceptors (Lipinski definition) is 9. The fourth-order valence-corrected chi connectivity index (χ4v) is 4.32. The Bertz CT molecular complexity index is 1600. The molecule has 0 saturated heterocycles. The number of pyridine rings is 1. The molecule has 4 heterocycles. The second kappa shape index (κ2) is 10.3. The molecule has 40 heavy (non-hydrogen) atoms. The second-order valence-electron chi connectivity index (χ2n) is 9.51. The van der Waals surface area contributed by atoms with E-state index in [9.17, 15) is 18.8 Å². The zero-order valence-corrected chi connectivity index (χ0v) is 22.2. The van der Waals surface area contributed by atoms with E-state index >= 15 is 0 Å². The van der Waals surface area contributed by atoms with Gasteiger partial charge in [-0.05, 0) is 25.1 Å². The van der Waals surface area contributed by atoms with Crippen molar-refractivity contribution in [2.24, 2.45) is 0 Å². The first-order valence-corrected chi connectivity index (χ1v) is 12.2. The monoisotopic (exact) mass is 551 g/mol. The molecule has 5 rings (SSSR count). The number of fused-ring (bicyclic) bond motifs is 3. The van der Waals surface area contributed by atoms with Gasteiger partial charge in [-0.15, -0.1) is 0 Å². The number of likely N-dealkylation sites (N-methyl/N-ethyl adjacent to an activating group) is 1. The Labute approximate surface area is 227 Å². The molecule has 3 amide bonds. The quantitative estimate of drug-likeness (QED) is 0.367. The smallest absolute Gasteiger partial charge is 0.295 e. The van der Waals surface area contributed by atoms with Gasteiger partial charge in [-0.25, -0.2) is 14.4 Å². The number of furan rings is 1. The van der Waals surface area contributed by atoms with Crippen LogP contribution in [0.5, 0.6) is 11.5 Å². The predicted octanol–water partition coefficient (Wildman–Crippen LogP) is 2.63. The molecular formula is C27H26FN5O7. The van der Waals surface area contributed by atoms with Gasteiger partial charge in [-0.1, -0.05) is 6.07 Å². The number of halogens is 1. The third-order valence-corrected chi connectivity index (χ3v) is 6.70. The minimum Gasteiger partial charge on any atom is -0.496 e. The molecule has 3 aromatic heterocycles. The number of nitrogens with zero attached hydrogens (tertiary/aromatic N) is 4. The number of aromatic nitrogens is 2. The topological polar surface area (TPSA) is 140 Å². The van der Waals surface area contributed by atoms with Gasteiger partial charge in [0.05, 0.1) is 18.9 Å². The minimum atomic E-state index is -1.69. The van der Waals surface area contributed by atoms with Crippen LogP contribution in [0.2, 0.25) is 0 Å². The van der Waals surface area contributed by atoms with Crippen LogP contribution in [-0.4, -0.2) is 77.4 Å². The van der Waals surface area contributed by atoms with Gasteiger partial charge in [0, 0.05) is 32.4 Å². The van der Waals surface area contributed by atoms with Crippen molar-refractivity contribution < 1.29 is 37.1 Å². The number of rotatable bonds is 7. The number of amides is 3. The summed E-state index contributed by atoms with van der Waals surface area (Å²) in [6.07, 6.45) is 4.39. The first-order valence-electron chi connectivity index (χ1n) is 12.2. The van der Waals surface area contributed by atoms with Crippen molar-refractivity contribution in [2.45, 2.75) is 19.0 Å². The van der Waals surface area contributed by atoms with Crippen LogP contribution in [0.4, 0.5) is 4.39 Å². The highest BCUT2D eigenvalue weighted by atomic mass is 19.1. The van der Waals surface area contributed by atoms with Gasteiger partial charge in [0.15, 0.2) is 22.4 Å². The normalized spacial score (nSPS) is 16.7. The molecule has 0 fully saturated rings. The van der Waals surface area contributed by atoms with E-state index in [1.807, 2.05) is 0 Å². The number of ether oxygens (including phenoxy) is 2. The van der Waals surface area contributed by atoms with E-state index in [-0.39, 0.29) is 47.1 Å². The first-order chi connectivity index (χ1) is 19.1. The minimum absolute atomic E-state index is 0.0357. The number of hydrogen-bond donors (Lipinski definition) is 1. The van der Waals surface area contributed by atoms with E-state index in [1.165, 1.54) is 63.8 Å². The molecule has 1 N–H and O–H groups in total. The van der Waals surface area contributed by atoms with E-state index in [4.69, 9.17) is 18.3 Å². The second-order valence-corrected chi connectivity index (χ2v) is 9.51. The Kier molecular flexibility index (Phi) is 6.88. The first kappa shape index (κ1) is 26.7. The third kappa shape index (κ3) is 4.59. The summed E-state index contributed by atoms with van der Waals surface area (Å²) in [4.78, 5) is 51.2.